The van der Waals surface area contributed by atoms with Crippen molar-refractivity contribution in [3.63, 3.8) is 0 Å². The van der Waals surface area contributed by atoms with Gasteiger partial charge in [-0.25, -0.2) is 8.78 Å². The van der Waals surface area contributed by atoms with Gasteiger partial charge in [-0.05, 0) is 43.2 Å². The second-order valence-electron chi connectivity index (χ2n) is 4.95. The Kier molecular flexibility index (Phi) is 3.08. The van der Waals surface area contributed by atoms with Gasteiger partial charge in [-0.1, -0.05) is 28.9 Å². The molecule has 0 aromatic heterocycles. The van der Waals surface area contributed by atoms with E-state index in [-0.39, 0.29) is 16.8 Å². The molecule has 2 unspecified atom stereocenters. The van der Waals surface area contributed by atoms with Crippen molar-refractivity contribution in [3.8, 4) is 0 Å². The molecule has 1 fully saturated rings. The fourth-order valence-electron chi connectivity index (χ4n) is 2.61. The van der Waals surface area contributed by atoms with Crippen LogP contribution in [-0.2, 0) is 5.41 Å². The summed E-state index contributed by atoms with van der Waals surface area (Å²) in [7, 11) is 0. The zero-order valence-corrected chi connectivity index (χ0v) is 11.1. The standard InChI is InChI=1S/C13H15BrF2/c1-8-3-4-10(15)11(12(8)16)13(2)6-5-9(14)7-13/h3-4,9H,5-7H2,1-2H3. The second-order valence-corrected chi connectivity index (χ2v) is 6.25. The van der Waals surface area contributed by atoms with Gasteiger partial charge in [-0.15, -0.1) is 0 Å². The first-order chi connectivity index (χ1) is 7.44. The van der Waals surface area contributed by atoms with Crippen molar-refractivity contribution in [2.24, 2.45) is 0 Å². The Morgan fingerprint density at radius 3 is 2.62 bits per heavy atom. The molecular weight excluding hydrogens is 274 g/mol. The third kappa shape index (κ3) is 1.90. The number of alkyl halides is 1. The Bertz CT molecular complexity index is 417. The lowest BCUT2D eigenvalue weighted by Crippen LogP contribution is -2.22. The normalized spacial score (nSPS) is 29.7. The molecular formula is C13H15BrF2. The number of aryl methyl sites for hydroxylation is 1. The summed E-state index contributed by atoms with van der Waals surface area (Å²) in [5.74, 6) is -0.781. The van der Waals surface area contributed by atoms with Crippen LogP contribution in [0, 0.1) is 18.6 Å². The van der Waals surface area contributed by atoms with Gasteiger partial charge < -0.3 is 0 Å². The summed E-state index contributed by atoms with van der Waals surface area (Å²) in [6.07, 6.45) is 2.60. The van der Waals surface area contributed by atoms with Crippen LogP contribution in [0.25, 0.3) is 0 Å². The monoisotopic (exact) mass is 288 g/mol. The molecule has 0 N–H and O–H groups in total. The number of hydrogen-bond acceptors (Lipinski definition) is 0. The van der Waals surface area contributed by atoms with E-state index in [1.165, 1.54) is 12.1 Å². The maximum Gasteiger partial charge on any atom is 0.132 e. The van der Waals surface area contributed by atoms with Crippen molar-refractivity contribution in [2.75, 3.05) is 0 Å². The van der Waals surface area contributed by atoms with Crippen molar-refractivity contribution in [1.29, 1.82) is 0 Å². The van der Waals surface area contributed by atoms with E-state index >= 15 is 0 Å². The van der Waals surface area contributed by atoms with Crippen molar-refractivity contribution in [3.05, 3.63) is 34.9 Å². The van der Waals surface area contributed by atoms with Gasteiger partial charge in [-0.3, -0.25) is 0 Å². The number of rotatable bonds is 1. The highest BCUT2D eigenvalue weighted by Crippen LogP contribution is 2.45. The highest BCUT2D eigenvalue weighted by atomic mass is 79.9. The molecule has 2 atom stereocenters. The summed E-state index contributed by atoms with van der Waals surface area (Å²) >= 11 is 3.53. The highest BCUT2D eigenvalue weighted by Gasteiger charge is 2.39. The van der Waals surface area contributed by atoms with Crippen LogP contribution in [0.4, 0.5) is 8.78 Å². The number of halogens is 3. The molecule has 1 saturated carbocycles. The smallest absolute Gasteiger partial charge is 0.132 e. The van der Waals surface area contributed by atoms with Crippen LogP contribution in [0.1, 0.15) is 37.3 Å². The van der Waals surface area contributed by atoms with Gasteiger partial charge in [-0.2, -0.15) is 0 Å². The molecule has 1 aromatic carbocycles. The van der Waals surface area contributed by atoms with Crippen molar-refractivity contribution in [1.82, 2.24) is 0 Å². The third-order valence-corrected chi connectivity index (χ3v) is 4.35. The van der Waals surface area contributed by atoms with E-state index in [1.807, 2.05) is 6.92 Å². The Balaban J connectivity index is 2.51. The molecule has 88 valence electrons. The molecule has 3 heteroatoms. The first-order valence-corrected chi connectivity index (χ1v) is 6.45. The van der Waals surface area contributed by atoms with Gasteiger partial charge >= 0.3 is 0 Å². The minimum absolute atomic E-state index is 0.273. The second kappa shape index (κ2) is 4.10. The Labute approximate surface area is 103 Å². The van der Waals surface area contributed by atoms with E-state index in [0.717, 1.165) is 19.3 Å². The minimum Gasteiger partial charge on any atom is -0.207 e. The molecule has 0 nitrogen and oxygen atoms in total. The lowest BCUT2D eigenvalue weighted by molar-refractivity contribution is 0.424. The van der Waals surface area contributed by atoms with Gasteiger partial charge in [0.15, 0.2) is 0 Å². The zero-order chi connectivity index (χ0) is 11.9. The molecule has 0 saturated heterocycles. The maximum atomic E-state index is 14.0. The number of hydrogen-bond donors (Lipinski definition) is 0. The van der Waals surface area contributed by atoms with Crippen LogP contribution in [0.2, 0.25) is 0 Å². The molecule has 0 spiro atoms. The number of benzene rings is 1. The quantitative estimate of drug-likeness (QED) is 0.669. The SMILES string of the molecule is Cc1ccc(F)c(C2(C)CCC(Br)C2)c1F. The van der Waals surface area contributed by atoms with Crippen LogP contribution < -0.4 is 0 Å². The summed E-state index contributed by atoms with van der Waals surface area (Å²) in [6.45, 7) is 3.64. The highest BCUT2D eigenvalue weighted by molar-refractivity contribution is 9.09. The molecule has 0 bridgehead atoms. The first-order valence-electron chi connectivity index (χ1n) is 5.53. The van der Waals surface area contributed by atoms with Gasteiger partial charge in [0.25, 0.3) is 0 Å². The third-order valence-electron chi connectivity index (χ3n) is 3.57. The van der Waals surface area contributed by atoms with Crippen molar-refractivity contribution < 1.29 is 8.78 Å². The van der Waals surface area contributed by atoms with E-state index in [2.05, 4.69) is 15.9 Å². The van der Waals surface area contributed by atoms with Crippen molar-refractivity contribution >= 4 is 15.9 Å². The average molecular weight is 289 g/mol. The van der Waals surface area contributed by atoms with E-state index in [1.54, 1.807) is 6.92 Å². The molecule has 16 heavy (non-hydrogen) atoms. The molecule has 2 rings (SSSR count). The van der Waals surface area contributed by atoms with Crippen LogP contribution in [0.5, 0.6) is 0 Å². The summed E-state index contributed by atoms with van der Waals surface area (Å²) in [4.78, 5) is 0.372. The van der Waals surface area contributed by atoms with Gasteiger partial charge in [0.2, 0.25) is 0 Å². The molecule has 0 radical (unpaired) electrons. The van der Waals surface area contributed by atoms with E-state index in [4.69, 9.17) is 0 Å². The molecule has 0 amide bonds. The van der Waals surface area contributed by atoms with Gasteiger partial charge in [0.05, 0.1) is 0 Å². The fourth-order valence-corrected chi connectivity index (χ4v) is 3.55. The Morgan fingerprint density at radius 2 is 2.06 bits per heavy atom. The lowest BCUT2D eigenvalue weighted by atomic mass is 9.79. The van der Waals surface area contributed by atoms with Gasteiger partial charge in [0.1, 0.15) is 11.6 Å². The summed E-state index contributed by atoms with van der Waals surface area (Å²) in [5, 5.41) is 0. The minimum atomic E-state index is -0.410. The predicted octanol–water partition coefficient (Wildman–Crippen LogP) is 4.48. The summed E-state index contributed by atoms with van der Waals surface area (Å²) in [6, 6.07) is 2.87. The van der Waals surface area contributed by atoms with E-state index in [0.29, 0.717) is 10.4 Å². The van der Waals surface area contributed by atoms with E-state index in [9.17, 15) is 8.78 Å². The van der Waals surface area contributed by atoms with Crippen LogP contribution in [0.3, 0.4) is 0 Å². The summed E-state index contributed by atoms with van der Waals surface area (Å²) < 4.78 is 27.8. The largest absolute Gasteiger partial charge is 0.207 e. The lowest BCUT2D eigenvalue weighted by Gasteiger charge is -2.26. The van der Waals surface area contributed by atoms with Crippen molar-refractivity contribution in [2.45, 2.75) is 43.4 Å². The molecule has 1 aromatic rings. The molecule has 0 heterocycles. The van der Waals surface area contributed by atoms with E-state index < -0.39 is 5.82 Å². The first kappa shape index (κ1) is 12.0. The summed E-state index contributed by atoms with van der Waals surface area (Å²) in [5.41, 5.74) is 0.430. The molecule has 1 aliphatic rings. The topological polar surface area (TPSA) is 0 Å². The Hall–Kier alpha value is -0.440. The van der Waals surface area contributed by atoms with Gasteiger partial charge in [0, 0.05) is 10.4 Å². The Morgan fingerprint density at radius 1 is 1.38 bits per heavy atom. The average Bonchev–Trinajstić information content (AvgIpc) is 2.54. The fraction of sp³-hybridized carbons (Fsp3) is 0.538. The molecule has 0 aliphatic heterocycles. The van der Waals surface area contributed by atoms with Crippen LogP contribution in [0.15, 0.2) is 12.1 Å². The zero-order valence-electron chi connectivity index (χ0n) is 9.49. The maximum absolute atomic E-state index is 14.0. The molecule has 1 aliphatic carbocycles. The van der Waals surface area contributed by atoms with Crippen LogP contribution >= 0.6 is 15.9 Å². The predicted molar refractivity (Wildman–Crippen MR) is 65.0 cm³/mol. The van der Waals surface area contributed by atoms with Crippen LogP contribution in [-0.4, -0.2) is 4.83 Å².